The van der Waals surface area contributed by atoms with Crippen molar-refractivity contribution < 1.29 is 0 Å². The van der Waals surface area contributed by atoms with E-state index in [1.807, 2.05) is 7.05 Å². The number of hydrogen-bond donors (Lipinski definition) is 2. The molecule has 0 aromatic rings. The zero-order valence-electron chi connectivity index (χ0n) is 11.7. The maximum atomic E-state index is 3.36. The Bertz CT molecular complexity index is 215. The molecule has 96 valence electrons. The summed E-state index contributed by atoms with van der Waals surface area (Å²) in [7, 11) is 4.08. The average Bonchev–Trinajstić information content (AvgIpc) is 2.87. The molecule has 3 heteroatoms. The third-order valence-corrected chi connectivity index (χ3v) is 4.01. The van der Waals surface area contributed by atoms with Crippen LogP contribution in [0.1, 0.15) is 40.0 Å². The number of nitrogens with one attached hydrogen (secondary N) is 2. The third kappa shape index (κ3) is 4.04. The zero-order chi connectivity index (χ0) is 12.2. The minimum absolute atomic E-state index is 0.289. The highest BCUT2D eigenvalue weighted by Crippen LogP contribution is 2.35. The quantitative estimate of drug-likeness (QED) is 0.615. The summed E-state index contributed by atoms with van der Waals surface area (Å²) in [6, 6.07) is 0. The second-order valence-electron chi connectivity index (χ2n) is 6.01. The number of rotatable bonds is 8. The minimum atomic E-state index is 0.289. The number of nitrogens with zero attached hydrogens (tertiary/aromatic N) is 1. The highest BCUT2D eigenvalue weighted by Gasteiger charge is 2.45. The lowest BCUT2D eigenvalue weighted by molar-refractivity contribution is 0.338. The summed E-state index contributed by atoms with van der Waals surface area (Å²) in [6.45, 7) is 10.6. The van der Waals surface area contributed by atoms with Gasteiger partial charge in [-0.3, -0.25) is 4.90 Å². The van der Waals surface area contributed by atoms with Gasteiger partial charge in [0.1, 0.15) is 0 Å². The van der Waals surface area contributed by atoms with Gasteiger partial charge in [-0.2, -0.15) is 0 Å². The van der Waals surface area contributed by atoms with Crippen LogP contribution in [-0.4, -0.2) is 49.7 Å². The Morgan fingerprint density at radius 1 is 1.31 bits per heavy atom. The molecule has 1 fully saturated rings. The molecule has 0 aromatic heterocycles. The van der Waals surface area contributed by atoms with Gasteiger partial charge in [0.05, 0.1) is 0 Å². The lowest BCUT2D eigenvalue weighted by atomic mass is 9.99. The van der Waals surface area contributed by atoms with Gasteiger partial charge in [-0.15, -0.1) is 0 Å². The first kappa shape index (κ1) is 13.9. The first-order valence-electron chi connectivity index (χ1n) is 6.52. The summed E-state index contributed by atoms with van der Waals surface area (Å²) in [5.74, 6) is 0. The summed E-state index contributed by atoms with van der Waals surface area (Å²) < 4.78 is 0. The Labute approximate surface area is 101 Å². The predicted octanol–water partition coefficient (Wildman–Crippen LogP) is 1.45. The van der Waals surface area contributed by atoms with Gasteiger partial charge in [-0.25, -0.2) is 0 Å². The van der Waals surface area contributed by atoms with Gasteiger partial charge in [0.25, 0.3) is 0 Å². The highest BCUT2D eigenvalue weighted by molar-refractivity contribution is 5.03. The Hall–Kier alpha value is -0.120. The molecular formula is C13H29N3. The molecule has 1 saturated heterocycles. The van der Waals surface area contributed by atoms with Crippen molar-refractivity contribution in [3.63, 3.8) is 0 Å². The van der Waals surface area contributed by atoms with Crippen LogP contribution in [-0.2, 0) is 0 Å². The van der Waals surface area contributed by atoms with Gasteiger partial charge in [-0.1, -0.05) is 0 Å². The molecule has 0 saturated carbocycles. The Balaban J connectivity index is 2.13. The summed E-state index contributed by atoms with van der Waals surface area (Å²) in [6.07, 6.45) is 3.82. The van der Waals surface area contributed by atoms with Crippen LogP contribution in [0.15, 0.2) is 0 Å². The van der Waals surface area contributed by atoms with Gasteiger partial charge in [0.15, 0.2) is 0 Å². The fraction of sp³-hybridized carbons (Fsp3) is 1.00. The summed E-state index contributed by atoms with van der Waals surface area (Å²) in [5, 5.41) is 6.60. The molecule has 3 nitrogen and oxygen atoms in total. The lowest BCUT2D eigenvalue weighted by Crippen LogP contribution is -2.36. The van der Waals surface area contributed by atoms with E-state index in [1.165, 1.54) is 32.4 Å². The van der Waals surface area contributed by atoms with Crippen molar-refractivity contribution in [3.05, 3.63) is 0 Å². The smallest absolute Gasteiger partial charge is 0.0321 e. The average molecular weight is 227 g/mol. The van der Waals surface area contributed by atoms with Crippen LogP contribution < -0.4 is 10.6 Å². The van der Waals surface area contributed by atoms with E-state index in [4.69, 9.17) is 0 Å². The van der Waals surface area contributed by atoms with Gasteiger partial charge >= 0.3 is 0 Å². The first-order valence-corrected chi connectivity index (χ1v) is 6.52. The molecule has 1 aliphatic rings. The van der Waals surface area contributed by atoms with Crippen LogP contribution in [0.25, 0.3) is 0 Å². The minimum Gasteiger partial charge on any atom is -0.320 e. The van der Waals surface area contributed by atoms with E-state index in [1.54, 1.807) is 0 Å². The number of hydrogen-bond acceptors (Lipinski definition) is 3. The molecule has 0 radical (unpaired) electrons. The van der Waals surface area contributed by atoms with E-state index < -0.39 is 0 Å². The van der Waals surface area contributed by atoms with Crippen molar-refractivity contribution in [2.45, 2.75) is 51.1 Å². The second kappa shape index (κ2) is 5.48. The molecule has 2 atom stereocenters. The molecule has 16 heavy (non-hydrogen) atoms. The van der Waals surface area contributed by atoms with Crippen molar-refractivity contribution >= 4 is 0 Å². The van der Waals surface area contributed by atoms with Crippen LogP contribution >= 0.6 is 0 Å². The molecule has 0 aromatic carbocycles. The van der Waals surface area contributed by atoms with E-state index in [0.717, 1.165) is 6.54 Å². The summed E-state index contributed by atoms with van der Waals surface area (Å²) in [4.78, 5) is 2.61. The molecule has 2 unspecified atom stereocenters. The van der Waals surface area contributed by atoms with Crippen LogP contribution in [0, 0.1) is 0 Å². The fourth-order valence-corrected chi connectivity index (χ4v) is 2.19. The molecule has 2 N–H and O–H groups in total. The Morgan fingerprint density at radius 3 is 2.56 bits per heavy atom. The van der Waals surface area contributed by atoms with Crippen LogP contribution in [0.4, 0.5) is 0 Å². The van der Waals surface area contributed by atoms with Crippen molar-refractivity contribution in [1.29, 1.82) is 0 Å². The van der Waals surface area contributed by atoms with Gasteiger partial charge in [0, 0.05) is 17.6 Å². The predicted molar refractivity (Wildman–Crippen MR) is 70.9 cm³/mol. The second-order valence-corrected chi connectivity index (χ2v) is 6.01. The first-order chi connectivity index (χ1) is 7.43. The fourth-order valence-electron chi connectivity index (χ4n) is 2.19. The van der Waals surface area contributed by atoms with Crippen LogP contribution in [0.2, 0.25) is 0 Å². The van der Waals surface area contributed by atoms with Crippen molar-refractivity contribution in [2.75, 3.05) is 33.7 Å². The molecule has 0 spiro atoms. The standard InChI is InChI=1S/C13H29N3/c1-12(2,15-5)7-6-10-16-11-13(16,3)8-9-14-4/h14-15H,6-11H2,1-5H3. The monoisotopic (exact) mass is 227 g/mol. The Morgan fingerprint density at radius 2 is 2.00 bits per heavy atom. The van der Waals surface area contributed by atoms with Gasteiger partial charge in [-0.05, 0) is 67.2 Å². The SMILES string of the molecule is CNCCC1(C)CN1CCCC(C)(C)NC. The Kier molecular flexibility index (Phi) is 4.77. The van der Waals surface area contributed by atoms with Crippen molar-refractivity contribution in [2.24, 2.45) is 0 Å². The molecular weight excluding hydrogens is 198 g/mol. The van der Waals surface area contributed by atoms with E-state index in [9.17, 15) is 0 Å². The van der Waals surface area contributed by atoms with Gasteiger partial charge < -0.3 is 10.6 Å². The largest absolute Gasteiger partial charge is 0.320 e. The van der Waals surface area contributed by atoms with E-state index in [-0.39, 0.29) is 5.54 Å². The van der Waals surface area contributed by atoms with Crippen LogP contribution in [0.3, 0.4) is 0 Å². The maximum Gasteiger partial charge on any atom is 0.0321 e. The van der Waals surface area contributed by atoms with Crippen molar-refractivity contribution in [1.82, 2.24) is 15.5 Å². The van der Waals surface area contributed by atoms with Crippen LogP contribution in [0.5, 0.6) is 0 Å². The van der Waals surface area contributed by atoms with E-state index >= 15 is 0 Å². The highest BCUT2D eigenvalue weighted by atomic mass is 15.3. The molecule has 1 heterocycles. The topological polar surface area (TPSA) is 27.1 Å². The normalized spacial score (nSPS) is 29.4. The maximum absolute atomic E-state index is 3.36. The lowest BCUT2D eigenvalue weighted by Gasteiger charge is -2.24. The van der Waals surface area contributed by atoms with Crippen molar-refractivity contribution in [3.8, 4) is 0 Å². The summed E-state index contributed by atoms with van der Waals surface area (Å²) >= 11 is 0. The van der Waals surface area contributed by atoms with E-state index in [2.05, 4.69) is 43.4 Å². The molecule has 0 amide bonds. The van der Waals surface area contributed by atoms with E-state index in [0.29, 0.717) is 5.54 Å². The molecule has 0 bridgehead atoms. The molecule has 1 aliphatic heterocycles. The third-order valence-electron chi connectivity index (χ3n) is 4.01. The molecule has 1 rings (SSSR count). The molecule has 0 aliphatic carbocycles. The van der Waals surface area contributed by atoms with Gasteiger partial charge in [0.2, 0.25) is 0 Å². The summed E-state index contributed by atoms with van der Waals surface area (Å²) in [5.41, 5.74) is 0.782. The zero-order valence-corrected chi connectivity index (χ0v) is 11.7.